The van der Waals surface area contributed by atoms with E-state index in [0.717, 1.165) is 12.0 Å². The van der Waals surface area contributed by atoms with Crippen LogP contribution in [0.1, 0.15) is 27.9 Å². The number of carbonyl (C=O) groups is 2. The van der Waals surface area contributed by atoms with E-state index in [1.165, 1.54) is 12.1 Å². The van der Waals surface area contributed by atoms with Gasteiger partial charge >= 0.3 is 5.97 Å². The minimum absolute atomic E-state index is 0.0966. The molecular formula is C19H18ClNO5. The number of ether oxygens (including phenoxy) is 2. The maximum atomic E-state index is 12.1. The third-order valence-corrected chi connectivity index (χ3v) is 4.17. The molecule has 0 saturated carbocycles. The Balaban J connectivity index is 1.63. The van der Waals surface area contributed by atoms with Crippen molar-refractivity contribution in [2.24, 2.45) is 0 Å². The van der Waals surface area contributed by atoms with Gasteiger partial charge in [0.25, 0.3) is 0 Å². The average molecular weight is 376 g/mol. The zero-order valence-electron chi connectivity index (χ0n) is 14.0. The standard InChI is InChI=1S/C19H18ClNO5/c20-15-8-13(9-16-18(15)26-6-2-5-25-16)11-21-17(22)10-12-3-1-4-14(7-12)19(23)24/h1,3-4,7-9H,2,5-6,10-11H2,(H,21,22)(H,23,24). The van der Waals surface area contributed by atoms with Crippen LogP contribution in [0.4, 0.5) is 0 Å². The number of amides is 1. The molecule has 0 bridgehead atoms. The maximum Gasteiger partial charge on any atom is 0.335 e. The molecule has 1 aliphatic rings. The van der Waals surface area contributed by atoms with Gasteiger partial charge in [-0.1, -0.05) is 23.7 Å². The van der Waals surface area contributed by atoms with Gasteiger partial charge < -0.3 is 19.9 Å². The number of carbonyl (C=O) groups excluding carboxylic acids is 1. The Hall–Kier alpha value is -2.73. The maximum absolute atomic E-state index is 12.1. The van der Waals surface area contributed by atoms with Crippen LogP contribution in [0.3, 0.4) is 0 Å². The third-order valence-electron chi connectivity index (χ3n) is 3.89. The normalized spacial score (nSPS) is 13.0. The van der Waals surface area contributed by atoms with E-state index in [4.69, 9.17) is 26.2 Å². The van der Waals surface area contributed by atoms with Crippen LogP contribution in [0.2, 0.25) is 5.02 Å². The van der Waals surface area contributed by atoms with Crippen molar-refractivity contribution in [2.45, 2.75) is 19.4 Å². The second-order valence-electron chi connectivity index (χ2n) is 5.91. The topological polar surface area (TPSA) is 84.9 Å². The lowest BCUT2D eigenvalue weighted by Gasteiger charge is -2.12. The van der Waals surface area contributed by atoms with Crippen molar-refractivity contribution in [2.75, 3.05) is 13.2 Å². The van der Waals surface area contributed by atoms with E-state index in [1.807, 2.05) is 0 Å². The first-order valence-corrected chi connectivity index (χ1v) is 8.57. The largest absolute Gasteiger partial charge is 0.489 e. The fourth-order valence-electron chi connectivity index (χ4n) is 2.65. The van der Waals surface area contributed by atoms with Crippen molar-refractivity contribution in [1.29, 1.82) is 0 Å². The van der Waals surface area contributed by atoms with E-state index in [0.29, 0.717) is 35.3 Å². The van der Waals surface area contributed by atoms with Gasteiger partial charge in [0.15, 0.2) is 11.5 Å². The number of rotatable bonds is 5. The van der Waals surface area contributed by atoms with Gasteiger partial charge in [-0.3, -0.25) is 4.79 Å². The predicted octanol–water partition coefficient (Wildman–Crippen LogP) is 3.06. The first-order chi connectivity index (χ1) is 12.5. The van der Waals surface area contributed by atoms with Crippen LogP contribution in [0, 0.1) is 0 Å². The molecule has 7 heteroatoms. The summed E-state index contributed by atoms with van der Waals surface area (Å²) in [6.45, 7) is 1.39. The molecule has 1 heterocycles. The number of halogens is 1. The summed E-state index contributed by atoms with van der Waals surface area (Å²) in [4.78, 5) is 23.1. The smallest absolute Gasteiger partial charge is 0.335 e. The quantitative estimate of drug-likeness (QED) is 0.839. The Kier molecular flexibility index (Phi) is 5.63. The Bertz CT molecular complexity index is 837. The number of aromatic carboxylic acids is 1. The highest BCUT2D eigenvalue weighted by Gasteiger charge is 2.16. The van der Waals surface area contributed by atoms with Crippen LogP contribution in [0.5, 0.6) is 11.5 Å². The van der Waals surface area contributed by atoms with E-state index in [9.17, 15) is 9.59 Å². The molecule has 0 fully saturated rings. The van der Waals surface area contributed by atoms with Gasteiger partial charge in [-0.15, -0.1) is 0 Å². The van der Waals surface area contributed by atoms with Gasteiger partial charge in [-0.05, 0) is 35.4 Å². The number of nitrogens with one attached hydrogen (secondary N) is 1. The Morgan fingerprint density at radius 3 is 2.73 bits per heavy atom. The van der Waals surface area contributed by atoms with Gasteiger partial charge in [-0.2, -0.15) is 0 Å². The van der Waals surface area contributed by atoms with Gasteiger partial charge in [0.2, 0.25) is 5.91 Å². The molecule has 136 valence electrons. The lowest BCUT2D eigenvalue weighted by Crippen LogP contribution is -2.24. The van der Waals surface area contributed by atoms with Gasteiger partial charge in [-0.25, -0.2) is 4.79 Å². The van der Waals surface area contributed by atoms with Gasteiger partial charge in [0.05, 0.1) is 30.2 Å². The number of fused-ring (bicyclic) bond motifs is 1. The van der Waals surface area contributed by atoms with Crippen LogP contribution in [0.15, 0.2) is 36.4 Å². The molecule has 3 rings (SSSR count). The number of benzene rings is 2. The highest BCUT2D eigenvalue weighted by molar-refractivity contribution is 6.32. The van der Waals surface area contributed by atoms with Crippen molar-refractivity contribution >= 4 is 23.5 Å². The monoisotopic (exact) mass is 375 g/mol. The number of carboxylic acid groups (broad SMARTS) is 1. The molecule has 0 atom stereocenters. The predicted molar refractivity (Wildman–Crippen MR) is 96.0 cm³/mol. The zero-order valence-corrected chi connectivity index (χ0v) is 14.7. The second-order valence-corrected chi connectivity index (χ2v) is 6.32. The molecular weight excluding hydrogens is 358 g/mol. The Morgan fingerprint density at radius 2 is 1.92 bits per heavy atom. The van der Waals surface area contributed by atoms with E-state index >= 15 is 0 Å². The lowest BCUT2D eigenvalue weighted by atomic mass is 10.1. The zero-order chi connectivity index (χ0) is 18.5. The molecule has 1 aliphatic heterocycles. The third kappa shape index (κ3) is 4.46. The van der Waals surface area contributed by atoms with Crippen molar-refractivity contribution in [1.82, 2.24) is 5.32 Å². The minimum atomic E-state index is -1.02. The lowest BCUT2D eigenvalue weighted by molar-refractivity contribution is -0.120. The number of carboxylic acids is 1. The highest BCUT2D eigenvalue weighted by atomic mass is 35.5. The number of hydrogen-bond acceptors (Lipinski definition) is 4. The van der Waals surface area contributed by atoms with Crippen molar-refractivity contribution < 1.29 is 24.2 Å². The molecule has 2 aromatic carbocycles. The molecule has 2 N–H and O–H groups in total. The number of hydrogen-bond donors (Lipinski definition) is 2. The van der Waals surface area contributed by atoms with Crippen LogP contribution in [-0.4, -0.2) is 30.2 Å². The van der Waals surface area contributed by atoms with E-state index in [1.54, 1.807) is 24.3 Å². The summed E-state index contributed by atoms with van der Waals surface area (Å²) in [5.41, 5.74) is 1.59. The summed E-state index contributed by atoms with van der Waals surface area (Å²) in [6, 6.07) is 9.86. The summed E-state index contributed by atoms with van der Waals surface area (Å²) in [5.74, 6) is -0.122. The molecule has 6 nitrogen and oxygen atoms in total. The van der Waals surface area contributed by atoms with E-state index in [2.05, 4.69) is 5.32 Å². The van der Waals surface area contributed by atoms with Crippen molar-refractivity contribution in [3.8, 4) is 11.5 Å². The fraction of sp³-hybridized carbons (Fsp3) is 0.263. The molecule has 0 unspecified atom stereocenters. The van der Waals surface area contributed by atoms with Crippen molar-refractivity contribution in [3.63, 3.8) is 0 Å². The summed E-state index contributed by atoms with van der Waals surface area (Å²) in [7, 11) is 0. The summed E-state index contributed by atoms with van der Waals surface area (Å²) in [5, 5.41) is 12.3. The van der Waals surface area contributed by atoms with Gasteiger partial charge in [0, 0.05) is 13.0 Å². The van der Waals surface area contributed by atoms with Crippen LogP contribution in [0.25, 0.3) is 0 Å². The Labute approximate surface area is 155 Å². The molecule has 0 aromatic heterocycles. The Morgan fingerprint density at radius 1 is 1.12 bits per heavy atom. The van der Waals surface area contributed by atoms with E-state index in [-0.39, 0.29) is 24.4 Å². The molecule has 0 aliphatic carbocycles. The molecule has 26 heavy (non-hydrogen) atoms. The second kappa shape index (κ2) is 8.10. The van der Waals surface area contributed by atoms with E-state index < -0.39 is 5.97 Å². The van der Waals surface area contributed by atoms with Crippen molar-refractivity contribution in [3.05, 3.63) is 58.1 Å². The minimum Gasteiger partial charge on any atom is -0.489 e. The first kappa shape index (κ1) is 18.1. The van der Waals surface area contributed by atoms with Crippen LogP contribution in [-0.2, 0) is 17.8 Å². The summed E-state index contributed by atoms with van der Waals surface area (Å²) in [6.07, 6.45) is 0.881. The molecule has 0 radical (unpaired) electrons. The fourth-order valence-corrected chi connectivity index (χ4v) is 2.94. The molecule has 0 spiro atoms. The molecule has 1 amide bonds. The highest BCUT2D eigenvalue weighted by Crippen LogP contribution is 2.37. The average Bonchev–Trinajstić information content (AvgIpc) is 2.86. The first-order valence-electron chi connectivity index (χ1n) is 8.20. The van der Waals surface area contributed by atoms with Crippen LogP contribution >= 0.6 is 11.6 Å². The van der Waals surface area contributed by atoms with Crippen LogP contribution < -0.4 is 14.8 Å². The summed E-state index contributed by atoms with van der Waals surface area (Å²) < 4.78 is 11.2. The van der Waals surface area contributed by atoms with Gasteiger partial charge in [0.1, 0.15) is 0 Å². The molecule has 2 aromatic rings. The SMILES string of the molecule is O=C(Cc1cccc(C(=O)O)c1)NCc1cc(Cl)c2c(c1)OCCCO2. The summed E-state index contributed by atoms with van der Waals surface area (Å²) >= 11 is 6.24. The molecule has 0 saturated heterocycles.